The van der Waals surface area contributed by atoms with Gasteiger partial charge in [-0.25, -0.2) is 9.37 Å². The maximum Gasteiger partial charge on any atom is 0.224 e. The van der Waals surface area contributed by atoms with Crippen molar-refractivity contribution in [2.45, 2.75) is 19.4 Å². The van der Waals surface area contributed by atoms with E-state index in [9.17, 15) is 4.39 Å². The van der Waals surface area contributed by atoms with Gasteiger partial charge >= 0.3 is 0 Å². The first kappa shape index (κ1) is 12.1. The van der Waals surface area contributed by atoms with E-state index in [1.165, 1.54) is 0 Å². The fourth-order valence-corrected chi connectivity index (χ4v) is 1.28. The highest BCUT2D eigenvalue weighted by atomic mass is 35.5. The molecule has 0 unspecified atom stereocenters. The molecule has 0 fully saturated rings. The second kappa shape index (κ2) is 4.72. The Balaban J connectivity index is 2.83. The third-order valence-corrected chi connectivity index (χ3v) is 1.86. The van der Waals surface area contributed by atoms with Gasteiger partial charge in [0.1, 0.15) is 0 Å². The maximum atomic E-state index is 13.3. The third-order valence-electron chi connectivity index (χ3n) is 1.68. The Morgan fingerprint density at radius 1 is 1.60 bits per heavy atom. The van der Waals surface area contributed by atoms with Crippen molar-refractivity contribution in [2.75, 3.05) is 19.0 Å². The molecule has 0 aliphatic heterocycles. The lowest BCUT2D eigenvalue weighted by Gasteiger charge is -2.25. The van der Waals surface area contributed by atoms with Crippen LogP contribution < -0.4 is 5.32 Å². The molecule has 0 bridgehead atoms. The number of ether oxygens (including phenoxy) is 1. The number of nitrogens with zero attached hydrogens (tertiary/aromatic N) is 2. The Hall–Kier alpha value is -0.940. The molecular formula is C9H13ClFN3O. The van der Waals surface area contributed by atoms with Crippen LogP contribution in [0.2, 0.25) is 5.28 Å². The van der Waals surface area contributed by atoms with Gasteiger partial charge in [-0.05, 0) is 25.4 Å². The van der Waals surface area contributed by atoms with Gasteiger partial charge < -0.3 is 10.1 Å². The monoisotopic (exact) mass is 233 g/mol. The molecule has 0 amide bonds. The van der Waals surface area contributed by atoms with Crippen molar-refractivity contribution in [2.24, 2.45) is 0 Å². The molecule has 6 heteroatoms. The molecule has 1 heterocycles. The van der Waals surface area contributed by atoms with Crippen LogP contribution in [0.5, 0.6) is 0 Å². The Morgan fingerprint density at radius 3 is 2.87 bits per heavy atom. The molecular weight excluding hydrogens is 221 g/mol. The standard InChI is InChI=1S/C9H13ClFN3O/c1-9(2,5-15-3)14-7-6(11)4-12-8(10)13-7/h4H,5H2,1-3H3,(H,12,13,14). The summed E-state index contributed by atoms with van der Waals surface area (Å²) in [4.78, 5) is 7.28. The van der Waals surface area contributed by atoms with Gasteiger partial charge in [-0.3, -0.25) is 0 Å². The Labute approximate surface area is 92.8 Å². The average molecular weight is 234 g/mol. The number of halogens is 2. The molecule has 0 aliphatic carbocycles. The molecule has 1 aromatic rings. The smallest absolute Gasteiger partial charge is 0.224 e. The van der Waals surface area contributed by atoms with Gasteiger partial charge in [-0.15, -0.1) is 0 Å². The minimum absolute atomic E-state index is 0.00659. The van der Waals surface area contributed by atoms with Crippen LogP contribution in [-0.4, -0.2) is 29.2 Å². The largest absolute Gasteiger partial charge is 0.382 e. The van der Waals surface area contributed by atoms with Gasteiger partial charge in [0, 0.05) is 7.11 Å². The summed E-state index contributed by atoms with van der Waals surface area (Å²) in [7, 11) is 1.58. The van der Waals surface area contributed by atoms with Crippen LogP contribution in [0.15, 0.2) is 6.20 Å². The van der Waals surface area contributed by atoms with Crippen LogP contribution >= 0.6 is 11.6 Å². The predicted molar refractivity (Wildman–Crippen MR) is 56.6 cm³/mol. The molecule has 4 nitrogen and oxygen atoms in total. The van der Waals surface area contributed by atoms with Crippen LogP contribution in [0.3, 0.4) is 0 Å². The van der Waals surface area contributed by atoms with Crippen LogP contribution in [-0.2, 0) is 4.74 Å². The van der Waals surface area contributed by atoms with E-state index >= 15 is 0 Å². The quantitative estimate of drug-likeness (QED) is 0.810. The number of rotatable bonds is 4. The van der Waals surface area contributed by atoms with Crippen LogP contribution in [0, 0.1) is 5.82 Å². The minimum atomic E-state index is -0.538. The second-order valence-corrected chi connectivity index (χ2v) is 4.12. The van der Waals surface area contributed by atoms with E-state index in [0.29, 0.717) is 6.61 Å². The molecule has 0 saturated carbocycles. The summed E-state index contributed by atoms with van der Waals surface area (Å²) in [5.74, 6) is -0.458. The highest BCUT2D eigenvalue weighted by Crippen LogP contribution is 2.17. The van der Waals surface area contributed by atoms with Crippen LogP contribution in [0.4, 0.5) is 10.2 Å². The molecule has 0 radical (unpaired) electrons. The van der Waals surface area contributed by atoms with E-state index in [-0.39, 0.29) is 11.1 Å². The Bertz CT molecular complexity index is 346. The van der Waals surface area contributed by atoms with Crippen molar-refractivity contribution in [1.29, 1.82) is 0 Å². The summed E-state index contributed by atoms with van der Waals surface area (Å²) in [6.07, 6.45) is 1.03. The van der Waals surface area contributed by atoms with Crippen molar-refractivity contribution < 1.29 is 9.13 Å². The predicted octanol–water partition coefficient (Wildman–Crippen LogP) is 2.11. The van der Waals surface area contributed by atoms with Crippen molar-refractivity contribution in [3.05, 3.63) is 17.3 Å². The van der Waals surface area contributed by atoms with E-state index in [1.807, 2.05) is 13.8 Å². The zero-order chi connectivity index (χ0) is 11.5. The highest BCUT2D eigenvalue weighted by Gasteiger charge is 2.20. The van der Waals surface area contributed by atoms with Gasteiger partial charge in [0.2, 0.25) is 5.28 Å². The lowest BCUT2D eigenvalue weighted by atomic mass is 10.1. The van der Waals surface area contributed by atoms with E-state index in [0.717, 1.165) is 6.20 Å². The van der Waals surface area contributed by atoms with Gasteiger partial charge in [-0.2, -0.15) is 4.98 Å². The zero-order valence-electron chi connectivity index (χ0n) is 8.84. The highest BCUT2D eigenvalue weighted by molar-refractivity contribution is 6.28. The van der Waals surface area contributed by atoms with Gasteiger partial charge in [0.05, 0.1) is 18.3 Å². The van der Waals surface area contributed by atoms with Gasteiger partial charge in [0.25, 0.3) is 0 Å². The Kier molecular flexibility index (Phi) is 3.82. The number of aromatic nitrogens is 2. The lowest BCUT2D eigenvalue weighted by molar-refractivity contribution is 0.158. The number of hydrogen-bond donors (Lipinski definition) is 1. The number of hydrogen-bond acceptors (Lipinski definition) is 4. The molecule has 0 spiro atoms. The maximum absolute atomic E-state index is 13.3. The molecule has 0 aliphatic rings. The Morgan fingerprint density at radius 2 is 2.27 bits per heavy atom. The number of nitrogens with one attached hydrogen (secondary N) is 1. The average Bonchev–Trinajstić information content (AvgIpc) is 2.10. The summed E-state index contributed by atoms with van der Waals surface area (Å²) >= 11 is 5.56. The summed E-state index contributed by atoms with van der Waals surface area (Å²) in [6.45, 7) is 4.16. The molecule has 84 valence electrons. The second-order valence-electron chi connectivity index (χ2n) is 3.78. The van der Waals surface area contributed by atoms with E-state index in [1.54, 1.807) is 7.11 Å². The van der Waals surface area contributed by atoms with Crippen LogP contribution in [0.25, 0.3) is 0 Å². The van der Waals surface area contributed by atoms with E-state index in [2.05, 4.69) is 15.3 Å². The molecule has 0 saturated heterocycles. The van der Waals surface area contributed by atoms with Crippen LogP contribution in [0.1, 0.15) is 13.8 Å². The topological polar surface area (TPSA) is 47.0 Å². The van der Waals surface area contributed by atoms with Gasteiger partial charge in [0.15, 0.2) is 11.6 Å². The molecule has 0 atom stereocenters. The SMILES string of the molecule is COCC(C)(C)Nc1nc(Cl)ncc1F. The lowest BCUT2D eigenvalue weighted by Crippen LogP contribution is -2.36. The normalized spacial score (nSPS) is 11.5. The number of methoxy groups -OCH3 is 1. The van der Waals surface area contributed by atoms with Crippen molar-refractivity contribution in [3.63, 3.8) is 0 Å². The third kappa shape index (κ3) is 3.60. The molecule has 0 aromatic carbocycles. The van der Waals surface area contributed by atoms with E-state index in [4.69, 9.17) is 16.3 Å². The minimum Gasteiger partial charge on any atom is -0.382 e. The first-order valence-electron chi connectivity index (χ1n) is 4.40. The van der Waals surface area contributed by atoms with E-state index < -0.39 is 11.4 Å². The molecule has 1 rings (SSSR count). The molecule has 1 aromatic heterocycles. The zero-order valence-corrected chi connectivity index (χ0v) is 9.60. The van der Waals surface area contributed by atoms with Gasteiger partial charge in [-0.1, -0.05) is 0 Å². The summed E-state index contributed by atoms with van der Waals surface area (Å²) in [5, 5.41) is 2.90. The number of anilines is 1. The molecule has 1 N–H and O–H groups in total. The fourth-order valence-electron chi connectivity index (χ4n) is 1.15. The molecule has 15 heavy (non-hydrogen) atoms. The summed E-state index contributed by atoms with van der Waals surface area (Å²) in [5.41, 5.74) is -0.423. The first-order chi connectivity index (χ1) is 6.94. The first-order valence-corrected chi connectivity index (χ1v) is 4.77. The summed E-state index contributed by atoms with van der Waals surface area (Å²) < 4.78 is 18.2. The van der Waals surface area contributed by atoms with Crippen molar-refractivity contribution in [3.8, 4) is 0 Å². The van der Waals surface area contributed by atoms with Crippen molar-refractivity contribution >= 4 is 17.4 Å². The fraction of sp³-hybridized carbons (Fsp3) is 0.556. The summed E-state index contributed by atoms with van der Waals surface area (Å²) in [6, 6.07) is 0. The van der Waals surface area contributed by atoms with Crippen molar-refractivity contribution in [1.82, 2.24) is 9.97 Å².